The van der Waals surface area contributed by atoms with E-state index in [0.717, 1.165) is 28.5 Å². The molecule has 8 heteroatoms. The van der Waals surface area contributed by atoms with Gasteiger partial charge in [0.2, 0.25) is 5.91 Å². The van der Waals surface area contributed by atoms with E-state index >= 15 is 0 Å². The Bertz CT molecular complexity index is 1220. The quantitative estimate of drug-likeness (QED) is 0.425. The maximum absolute atomic E-state index is 13.4. The molecule has 1 amide bonds. The number of hydrogen-bond donors (Lipinski definition) is 1. The van der Waals surface area contributed by atoms with Crippen molar-refractivity contribution in [2.45, 2.75) is 43.6 Å². The molecule has 3 aromatic rings. The molecule has 0 radical (unpaired) electrons. The minimum atomic E-state index is -3.98. The zero-order chi connectivity index (χ0) is 24.1. The van der Waals surface area contributed by atoms with Crippen LogP contribution in [0.4, 0.5) is 11.4 Å². The zero-order valence-electron chi connectivity index (χ0n) is 18.9. The highest BCUT2D eigenvalue weighted by molar-refractivity contribution is 7.92. The zero-order valence-corrected chi connectivity index (χ0v) is 20.5. The van der Waals surface area contributed by atoms with E-state index in [9.17, 15) is 13.2 Å². The van der Waals surface area contributed by atoms with Crippen LogP contribution in [0.25, 0.3) is 0 Å². The van der Waals surface area contributed by atoms with E-state index < -0.39 is 22.5 Å². The molecule has 1 saturated carbocycles. The monoisotopic (exact) mass is 498 g/mol. The Balaban J connectivity index is 1.51. The highest BCUT2D eigenvalue weighted by Crippen LogP contribution is 2.27. The number of carbonyl (C=O) groups excluding carboxylic acids is 1. The summed E-state index contributed by atoms with van der Waals surface area (Å²) in [6.07, 6.45) is 4.76. The Morgan fingerprint density at radius 1 is 0.971 bits per heavy atom. The van der Waals surface area contributed by atoms with Crippen molar-refractivity contribution in [3.8, 4) is 5.75 Å². The number of nitrogens with zero attached hydrogens (tertiary/aromatic N) is 1. The van der Waals surface area contributed by atoms with Crippen LogP contribution in [0.5, 0.6) is 5.75 Å². The third-order valence-corrected chi connectivity index (χ3v) is 7.79. The van der Waals surface area contributed by atoms with Crippen LogP contribution in [-0.2, 0) is 14.8 Å². The van der Waals surface area contributed by atoms with Gasteiger partial charge in [-0.15, -0.1) is 0 Å². The first-order chi connectivity index (χ1) is 16.3. The average Bonchev–Trinajstić information content (AvgIpc) is 3.33. The van der Waals surface area contributed by atoms with Crippen LogP contribution in [-0.4, -0.2) is 27.0 Å². The number of anilines is 2. The summed E-state index contributed by atoms with van der Waals surface area (Å²) in [6, 6.07) is 20.0. The standard InChI is InChI=1S/C26H27ClN2O4S/c1-19-6-16-25(17-7-19)34(31,32)29(22-12-8-20(27)9-13-22)18-26(30)28-21-10-14-24(15-11-21)33-23-4-2-3-5-23/h6-17,23H,2-5,18H2,1H3,(H,28,30). The molecule has 1 aliphatic carbocycles. The summed E-state index contributed by atoms with van der Waals surface area (Å²) >= 11 is 5.99. The Morgan fingerprint density at radius 3 is 2.21 bits per heavy atom. The van der Waals surface area contributed by atoms with Crippen LogP contribution >= 0.6 is 11.6 Å². The average molecular weight is 499 g/mol. The van der Waals surface area contributed by atoms with Gasteiger partial charge in [-0.25, -0.2) is 8.42 Å². The van der Waals surface area contributed by atoms with Gasteiger partial charge in [0.15, 0.2) is 0 Å². The van der Waals surface area contributed by atoms with E-state index in [-0.39, 0.29) is 11.0 Å². The molecule has 34 heavy (non-hydrogen) atoms. The minimum Gasteiger partial charge on any atom is -0.490 e. The second-order valence-corrected chi connectivity index (χ2v) is 10.7. The maximum Gasteiger partial charge on any atom is 0.264 e. The number of sulfonamides is 1. The van der Waals surface area contributed by atoms with E-state index in [1.165, 1.54) is 25.0 Å². The number of carbonyl (C=O) groups is 1. The molecule has 1 fully saturated rings. The molecule has 0 spiro atoms. The molecule has 0 heterocycles. The summed E-state index contributed by atoms with van der Waals surface area (Å²) in [5.41, 5.74) is 1.85. The fraction of sp³-hybridized carbons (Fsp3) is 0.269. The lowest BCUT2D eigenvalue weighted by Crippen LogP contribution is -2.38. The van der Waals surface area contributed by atoms with Gasteiger partial charge in [0, 0.05) is 10.7 Å². The van der Waals surface area contributed by atoms with E-state index in [1.54, 1.807) is 48.5 Å². The fourth-order valence-electron chi connectivity index (χ4n) is 3.91. The summed E-state index contributed by atoms with van der Waals surface area (Å²) in [7, 11) is -3.98. The molecule has 178 valence electrons. The highest BCUT2D eigenvalue weighted by Gasteiger charge is 2.27. The molecule has 0 unspecified atom stereocenters. The normalized spacial score (nSPS) is 14.1. The molecule has 0 atom stereocenters. The van der Waals surface area contributed by atoms with Gasteiger partial charge in [-0.1, -0.05) is 29.3 Å². The molecular formula is C26H27ClN2O4S. The van der Waals surface area contributed by atoms with Gasteiger partial charge in [-0.3, -0.25) is 9.10 Å². The van der Waals surface area contributed by atoms with E-state index in [4.69, 9.17) is 16.3 Å². The number of aryl methyl sites for hydroxylation is 1. The molecule has 0 bridgehead atoms. The lowest BCUT2D eigenvalue weighted by atomic mass is 10.2. The molecule has 0 aromatic heterocycles. The van der Waals surface area contributed by atoms with Crippen molar-refractivity contribution < 1.29 is 17.9 Å². The van der Waals surface area contributed by atoms with Crippen LogP contribution < -0.4 is 14.4 Å². The number of halogens is 1. The van der Waals surface area contributed by atoms with Crippen LogP contribution in [0.2, 0.25) is 5.02 Å². The first-order valence-corrected chi connectivity index (χ1v) is 13.0. The summed E-state index contributed by atoms with van der Waals surface area (Å²) in [4.78, 5) is 13.0. The number of benzene rings is 3. The maximum atomic E-state index is 13.4. The second kappa shape index (κ2) is 10.5. The van der Waals surface area contributed by atoms with E-state index in [1.807, 2.05) is 19.1 Å². The van der Waals surface area contributed by atoms with Crippen molar-refractivity contribution in [2.24, 2.45) is 0 Å². The van der Waals surface area contributed by atoms with Gasteiger partial charge in [0.1, 0.15) is 12.3 Å². The van der Waals surface area contributed by atoms with Gasteiger partial charge < -0.3 is 10.1 Å². The predicted octanol–water partition coefficient (Wildman–Crippen LogP) is 5.80. The predicted molar refractivity (Wildman–Crippen MR) is 135 cm³/mol. The summed E-state index contributed by atoms with van der Waals surface area (Å²) in [5.74, 6) is 0.296. The smallest absolute Gasteiger partial charge is 0.264 e. The van der Waals surface area contributed by atoms with Crippen LogP contribution in [0, 0.1) is 6.92 Å². The van der Waals surface area contributed by atoms with Crippen LogP contribution in [0.3, 0.4) is 0 Å². The molecule has 3 aromatic carbocycles. The SMILES string of the molecule is Cc1ccc(S(=O)(=O)N(CC(=O)Nc2ccc(OC3CCCC3)cc2)c2ccc(Cl)cc2)cc1. The number of rotatable bonds is 8. The first-order valence-electron chi connectivity index (χ1n) is 11.2. The summed E-state index contributed by atoms with van der Waals surface area (Å²) in [6.45, 7) is 1.49. The van der Waals surface area contributed by atoms with Crippen molar-refractivity contribution in [3.05, 3.63) is 83.4 Å². The number of hydrogen-bond acceptors (Lipinski definition) is 4. The Kier molecular flexibility index (Phi) is 7.44. The van der Waals surface area contributed by atoms with Crippen molar-refractivity contribution >= 4 is 38.9 Å². The lowest BCUT2D eigenvalue weighted by molar-refractivity contribution is -0.114. The Hall–Kier alpha value is -3.03. The third-order valence-electron chi connectivity index (χ3n) is 5.75. The molecule has 0 aliphatic heterocycles. The van der Waals surface area contributed by atoms with Crippen molar-refractivity contribution in [1.82, 2.24) is 0 Å². The molecule has 1 aliphatic rings. The van der Waals surface area contributed by atoms with Crippen LogP contribution in [0.15, 0.2) is 77.7 Å². The van der Waals surface area contributed by atoms with E-state index in [0.29, 0.717) is 16.4 Å². The molecule has 4 rings (SSSR count). The topological polar surface area (TPSA) is 75.7 Å². The molecule has 1 N–H and O–H groups in total. The largest absolute Gasteiger partial charge is 0.490 e. The van der Waals surface area contributed by atoms with Gasteiger partial charge in [0.25, 0.3) is 10.0 Å². The summed E-state index contributed by atoms with van der Waals surface area (Å²) < 4.78 is 33.9. The Labute approximate surface area is 205 Å². The molecular weight excluding hydrogens is 472 g/mol. The van der Waals surface area contributed by atoms with Gasteiger partial charge in [-0.05, 0) is 93.3 Å². The third kappa shape index (κ3) is 5.90. The van der Waals surface area contributed by atoms with Crippen LogP contribution in [0.1, 0.15) is 31.2 Å². The number of ether oxygens (including phenoxy) is 1. The number of amides is 1. The number of nitrogens with one attached hydrogen (secondary N) is 1. The highest BCUT2D eigenvalue weighted by atomic mass is 35.5. The minimum absolute atomic E-state index is 0.106. The fourth-order valence-corrected chi connectivity index (χ4v) is 5.45. The van der Waals surface area contributed by atoms with Gasteiger partial charge in [0.05, 0.1) is 16.7 Å². The lowest BCUT2D eigenvalue weighted by Gasteiger charge is -2.24. The van der Waals surface area contributed by atoms with Crippen molar-refractivity contribution in [3.63, 3.8) is 0 Å². The molecule has 0 saturated heterocycles. The van der Waals surface area contributed by atoms with E-state index in [2.05, 4.69) is 5.32 Å². The Morgan fingerprint density at radius 2 is 1.59 bits per heavy atom. The first kappa shape index (κ1) is 24.1. The summed E-state index contributed by atoms with van der Waals surface area (Å²) in [5, 5.41) is 3.25. The van der Waals surface area contributed by atoms with Crippen molar-refractivity contribution in [2.75, 3.05) is 16.2 Å². The van der Waals surface area contributed by atoms with Crippen molar-refractivity contribution in [1.29, 1.82) is 0 Å². The molecule has 6 nitrogen and oxygen atoms in total. The van der Waals surface area contributed by atoms with Gasteiger partial charge >= 0.3 is 0 Å². The second-order valence-electron chi connectivity index (χ2n) is 8.40. The van der Waals surface area contributed by atoms with Gasteiger partial charge in [-0.2, -0.15) is 0 Å².